The van der Waals surface area contributed by atoms with E-state index < -0.39 is 18.2 Å². The predicted octanol–water partition coefficient (Wildman–Crippen LogP) is 17.3. The van der Waals surface area contributed by atoms with Gasteiger partial charge in [-0.3, -0.25) is 9.59 Å². The number of carbonyl (C=O) groups excluding carboxylic acids is 2. The molecule has 6 heteroatoms. The lowest BCUT2D eigenvalue weighted by atomic mass is 10.0. The molecule has 0 heterocycles. The summed E-state index contributed by atoms with van der Waals surface area (Å²) < 4.78 is 5.93. The lowest BCUT2D eigenvalue weighted by molar-refractivity contribution is -0.151. The monoisotopic (exact) mass is 932 g/mol. The molecule has 0 aliphatic rings. The van der Waals surface area contributed by atoms with Crippen molar-refractivity contribution in [3.63, 3.8) is 0 Å². The molecule has 0 radical (unpaired) electrons. The Morgan fingerprint density at radius 3 is 1.19 bits per heavy atom. The van der Waals surface area contributed by atoms with Gasteiger partial charge in [-0.2, -0.15) is 0 Å². The fourth-order valence-corrected chi connectivity index (χ4v) is 8.04. The quantitative estimate of drug-likeness (QED) is 0.0321. The van der Waals surface area contributed by atoms with Crippen LogP contribution in [0.1, 0.15) is 252 Å². The zero-order valence-electron chi connectivity index (χ0n) is 43.8. The van der Waals surface area contributed by atoms with Crippen LogP contribution >= 0.6 is 0 Å². The van der Waals surface area contributed by atoms with Gasteiger partial charge in [-0.15, -0.1) is 0 Å². The van der Waals surface area contributed by atoms with Crippen LogP contribution in [0, 0.1) is 0 Å². The molecule has 0 saturated carbocycles. The van der Waals surface area contributed by atoms with E-state index in [-0.39, 0.29) is 24.9 Å². The predicted molar refractivity (Wildman–Crippen MR) is 291 cm³/mol. The van der Waals surface area contributed by atoms with Gasteiger partial charge in [0.2, 0.25) is 5.91 Å². The van der Waals surface area contributed by atoms with Crippen LogP contribution in [0.3, 0.4) is 0 Å². The summed E-state index contributed by atoms with van der Waals surface area (Å²) in [7, 11) is 0. The van der Waals surface area contributed by atoms with Gasteiger partial charge >= 0.3 is 5.97 Å². The average molecular weight is 933 g/mol. The first-order chi connectivity index (χ1) is 33.0. The number of hydrogen-bond acceptors (Lipinski definition) is 5. The van der Waals surface area contributed by atoms with Crippen molar-refractivity contribution in [2.24, 2.45) is 0 Å². The third-order valence-corrected chi connectivity index (χ3v) is 12.3. The number of carbonyl (C=O) groups is 2. The summed E-state index contributed by atoms with van der Waals surface area (Å²) in [4.78, 5) is 26.2. The molecule has 0 fully saturated rings. The molecule has 3 N–H and O–H groups in total. The Bertz CT molecular complexity index is 1320. The largest absolute Gasteiger partial charge is 0.462 e. The normalized spacial score (nSPS) is 13.9. The second kappa shape index (κ2) is 53.7. The number of aliphatic hydroxyl groups excluding tert-OH is 2. The van der Waals surface area contributed by atoms with Crippen LogP contribution in [0.5, 0.6) is 0 Å². The molecular weight excluding hydrogens is 827 g/mol. The molecule has 67 heavy (non-hydrogen) atoms. The summed E-state index contributed by atoms with van der Waals surface area (Å²) in [6.07, 6.45) is 71.7. The Labute approximate surface area is 414 Å². The van der Waals surface area contributed by atoms with Gasteiger partial charge in [0.25, 0.3) is 0 Å². The minimum atomic E-state index is -0.809. The van der Waals surface area contributed by atoms with Crippen LogP contribution in [0.4, 0.5) is 0 Å². The third-order valence-electron chi connectivity index (χ3n) is 12.3. The minimum absolute atomic E-state index is 0.0368. The summed E-state index contributed by atoms with van der Waals surface area (Å²) in [5, 5.41) is 23.8. The molecule has 0 aromatic rings. The summed E-state index contributed by atoms with van der Waals surface area (Å²) in [6, 6.07) is -0.726. The Kier molecular flexibility index (Phi) is 51.1. The van der Waals surface area contributed by atoms with Crippen LogP contribution in [-0.4, -0.2) is 46.9 Å². The molecule has 0 saturated heterocycles. The fourth-order valence-electron chi connectivity index (χ4n) is 8.04. The molecule has 384 valence electrons. The van der Waals surface area contributed by atoms with Crippen molar-refractivity contribution in [1.29, 1.82) is 0 Å². The van der Waals surface area contributed by atoms with E-state index in [1.54, 1.807) is 0 Å². The van der Waals surface area contributed by atoms with Crippen LogP contribution in [-0.2, 0) is 14.3 Å². The first-order valence-corrected chi connectivity index (χ1v) is 28.1. The van der Waals surface area contributed by atoms with Crippen LogP contribution in [0.15, 0.2) is 97.2 Å². The molecule has 0 bridgehead atoms. The summed E-state index contributed by atoms with van der Waals surface area (Å²) in [5.74, 6) is -0.542. The fraction of sp³-hybridized carbons (Fsp3) is 0.705. The zero-order chi connectivity index (χ0) is 48.8. The van der Waals surface area contributed by atoms with Crippen molar-refractivity contribution in [2.75, 3.05) is 6.61 Å². The van der Waals surface area contributed by atoms with Crippen molar-refractivity contribution in [1.82, 2.24) is 5.32 Å². The maximum atomic E-state index is 13.3. The lowest BCUT2D eigenvalue weighted by Gasteiger charge is -2.24. The Morgan fingerprint density at radius 2 is 0.761 bits per heavy atom. The van der Waals surface area contributed by atoms with Crippen molar-refractivity contribution in [3.8, 4) is 0 Å². The number of nitrogens with one attached hydrogen (secondary N) is 1. The van der Waals surface area contributed by atoms with Gasteiger partial charge < -0.3 is 20.3 Å². The maximum Gasteiger partial charge on any atom is 0.306 e. The minimum Gasteiger partial charge on any atom is -0.462 e. The van der Waals surface area contributed by atoms with Gasteiger partial charge in [-0.25, -0.2) is 0 Å². The molecule has 3 atom stereocenters. The standard InChI is InChI=1S/C61H105NO5/c1-4-7-10-13-16-19-22-25-28-30-31-33-36-39-42-45-48-51-54-61(66)67-57(52-49-46-43-40-37-34-32-29-26-23-20-17-14-11-8-5-2)55-60(65)62-58(56-63)59(64)53-50-47-44-41-38-35-27-24-21-18-15-12-9-6-3/h16-17,19-20,22-23,25-26,28-34,37,57-59,63-64H,4-15,18,21,24,27,35-36,38-56H2,1-3H3,(H,62,65)/b19-16+,20-17+,25-22+,26-23+,30-28+,32-29+,33-31+,37-34+. The molecule has 0 spiro atoms. The number of hydrogen-bond donors (Lipinski definition) is 3. The van der Waals surface area contributed by atoms with E-state index in [1.165, 1.54) is 109 Å². The summed E-state index contributed by atoms with van der Waals surface area (Å²) >= 11 is 0. The molecule has 0 rings (SSSR count). The number of allylic oxidation sites excluding steroid dienone is 16. The average Bonchev–Trinajstić information content (AvgIpc) is 3.32. The Hall–Kier alpha value is -3.22. The molecule has 0 aliphatic heterocycles. The molecular formula is C61H105NO5. The molecule has 3 unspecified atom stereocenters. The van der Waals surface area contributed by atoms with Gasteiger partial charge in [0.1, 0.15) is 6.10 Å². The highest BCUT2D eigenvalue weighted by molar-refractivity contribution is 5.77. The van der Waals surface area contributed by atoms with E-state index in [1.807, 2.05) is 6.08 Å². The first kappa shape index (κ1) is 63.8. The van der Waals surface area contributed by atoms with E-state index in [9.17, 15) is 19.8 Å². The SMILES string of the molecule is CCCCC/C=C/C=C/C=C/C=C/CCCCCCCC(=O)OC(CCCCC/C=C/C=C/C=C/C=C/CCCCC)CC(=O)NC(CO)C(O)CCCCCCCCCCCCCCCC. The highest BCUT2D eigenvalue weighted by atomic mass is 16.5. The summed E-state index contributed by atoms with van der Waals surface area (Å²) in [6.45, 7) is 6.40. The number of rotatable bonds is 49. The lowest BCUT2D eigenvalue weighted by Crippen LogP contribution is -2.46. The second-order valence-electron chi connectivity index (χ2n) is 18.8. The Morgan fingerprint density at radius 1 is 0.433 bits per heavy atom. The van der Waals surface area contributed by atoms with Crippen LogP contribution in [0.25, 0.3) is 0 Å². The highest BCUT2D eigenvalue weighted by Crippen LogP contribution is 2.17. The van der Waals surface area contributed by atoms with Crippen molar-refractivity contribution in [3.05, 3.63) is 97.2 Å². The smallest absolute Gasteiger partial charge is 0.306 e. The van der Waals surface area contributed by atoms with E-state index in [2.05, 4.69) is 117 Å². The second-order valence-corrected chi connectivity index (χ2v) is 18.8. The van der Waals surface area contributed by atoms with E-state index in [4.69, 9.17) is 4.74 Å². The molecule has 1 amide bonds. The van der Waals surface area contributed by atoms with Crippen molar-refractivity contribution >= 4 is 11.9 Å². The van der Waals surface area contributed by atoms with Crippen molar-refractivity contribution < 1.29 is 24.5 Å². The van der Waals surface area contributed by atoms with Crippen LogP contribution in [0.2, 0.25) is 0 Å². The van der Waals surface area contributed by atoms with Gasteiger partial charge in [-0.05, 0) is 77.0 Å². The van der Waals surface area contributed by atoms with Crippen LogP contribution < -0.4 is 5.32 Å². The van der Waals surface area contributed by atoms with E-state index >= 15 is 0 Å². The molecule has 0 aliphatic carbocycles. The summed E-state index contributed by atoms with van der Waals surface area (Å²) in [5.41, 5.74) is 0. The van der Waals surface area contributed by atoms with Gasteiger partial charge in [0, 0.05) is 6.42 Å². The topological polar surface area (TPSA) is 95.9 Å². The molecule has 0 aromatic carbocycles. The van der Waals surface area contributed by atoms with E-state index in [0.717, 1.165) is 96.3 Å². The number of ether oxygens (including phenoxy) is 1. The van der Waals surface area contributed by atoms with E-state index in [0.29, 0.717) is 19.3 Å². The van der Waals surface area contributed by atoms with Gasteiger partial charge in [0.15, 0.2) is 0 Å². The number of amides is 1. The first-order valence-electron chi connectivity index (χ1n) is 28.1. The number of aliphatic hydroxyl groups is 2. The third kappa shape index (κ3) is 49.0. The number of esters is 1. The van der Waals surface area contributed by atoms with Gasteiger partial charge in [0.05, 0.1) is 25.2 Å². The number of unbranched alkanes of at least 4 members (excludes halogenated alkanes) is 27. The van der Waals surface area contributed by atoms with Crippen molar-refractivity contribution in [2.45, 2.75) is 270 Å². The zero-order valence-corrected chi connectivity index (χ0v) is 43.8. The highest BCUT2D eigenvalue weighted by Gasteiger charge is 2.24. The molecule has 6 nitrogen and oxygen atoms in total. The Balaban J connectivity index is 4.72. The maximum absolute atomic E-state index is 13.3. The van der Waals surface area contributed by atoms with Gasteiger partial charge in [-0.1, -0.05) is 259 Å². The molecule has 0 aromatic heterocycles.